The molecule has 0 aromatic heterocycles. The maximum absolute atomic E-state index is 9.83. The largest absolute Gasteiger partial charge is 0.504 e. The third kappa shape index (κ3) is 4.73. The average molecular weight is 360 g/mol. The van der Waals surface area contributed by atoms with Gasteiger partial charge in [-0.25, -0.2) is 0 Å². The molecular formula is C22H33NO3. The number of nitrogen functional groups attached to an aromatic ring is 1. The Kier molecular flexibility index (Phi) is 6.47. The molecule has 26 heavy (non-hydrogen) atoms. The minimum absolute atomic E-state index is 0.0542. The second-order valence-corrected chi connectivity index (χ2v) is 8.23. The molecule has 0 atom stereocenters. The third-order valence-electron chi connectivity index (χ3n) is 6.41. The lowest BCUT2D eigenvalue weighted by Crippen LogP contribution is -2.17. The summed E-state index contributed by atoms with van der Waals surface area (Å²) in [4.78, 5) is 0. The molecule has 0 unspecified atom stereocenters. The number of aromatic hydroxyl groups is 2. The van der Waals surface area contributed by atoms with Gasteiger partial charge in [-0.2, -0.15) is 0 Å². The van der Waals surface area contributed by atoms with Crippen LogP contribution in [-0.4, -0.2) is 21.4 Å². The van der Waals surface area contributed by atoms with Crippen LogP contribution in [0.4, 0.5) is 5.69 Å². The van der Waals surface area contributed by atoms with E-state index in [0.29, 0.717) is 17.5 Å². The molecule has 0 heterocycles. The van der Waals surface area contributed by atoms with E-state index in [1.54, 1.807) is 0 Å². The quantitative estimate of drug-likeness (QED) is 0.344. The molecule has 2 aliphatic rings. The van der Waals surface area contributed by atoms with Crippen molar-refractivity contribution < 1.29 is 15.3 Å². The van der Waals surface area contributed by atoms with Crippen LogP contribution in [0, 0.1) is 11.8 Å². The minimum Gasteiger partial charge on any atom is -0.504 e. The van der Waals surface area contributed by atoms with Crippen LogP contribution in [0.2, 0.25) is 0 Å². The Balaban J connectivity index is 1.42. The van der Waals surface area contributed by atoms with Gasteiger partial charge in [-0.3, -0.25) is 0 Å². The number of allylic oxidation sites excluding steroid dienone is 2. The summed E-state index contributed by atoms with van der Waals surface area (Å²) < 4.78 is 0. The summed E-state index contributed by atoms with van der Waals surface area (Å²) in [5.41, 5.74) is 7.30. The lowest BCUT2D eigenvalue weighted by atomic mass is 9.78. The van der Waals surface area contributed by atoms with Gasteiger partial charge < -0.3 is 21.1 Å². The van der Waals surface area contributed by atoms with Crippen molar-refractivity contribution in [2.24, 2.45) is 11.8 Å². The molecule has 0 radical (unpaired) electrons. The van der Waals surface area contributed by atoms with Crippen molar-refractivity contribution in [1.82, 2.24) is 0 Å². The van der Waals surface area contributed by atoms with E-state index in [1.807, 2.05) is 6.07 Å². The Morgan fingerprint density at radius 1 is 0.962 bits per heavy atom. The number of phenols is 2. The molecule has 0 bridgehead atoms. The third-order valence-corrected chi connectivity index (χ3v) is 6.41. The van der Waals surface area contributed by atoms with Crippen LogP contribution >= 0.6 is 0 Å². The number of anilines is 1. The van der Waals surface area contributed by atoms with Crippen molar-refractivity contribution in [1.29, 1.82) is 0 Å². The van der Waals surface area contributed by atoms with Crippen LogP contribution in [0.5, 0.6) is 11.5 Å². The predicted octanol–water partition coefficient (Wildman–Crippen LogP) is 4.84. The maximum atomic E-state index is 9.83. The summed E-state index contributed by atoms with van der Waals surface area (Å²) >= 11 is 0. The Labute approximate surface area is 156 Å². The first-order valence-electron chi connectivity index (χ1n) is 10.2. The summed E-state index contributed by atoms with van der Waals surface area (Å²) in [6, 6.07) is 3.39. The zero-order valence-corrected chi connectivity index (χ0v) is 15.6. The first-order valence-corrected chi connectivity index (χ1v) is 10.2. The molecular weight excluding hydrogens is 326 g/mol. The highest BCUT2D eigenvalue weighted by Gasteiger charge is 2.24. The van der Waals surface area contributed by atoms with Gasteiger partial charge in [0.15, 0.2) is 11.5 Å². The highest BCUT2D eigenvalue weighted by molar-refractivity contribution is 5.64. The topological polar surface area (TPSA) is 86.7 Å². The molecule has 2 saturated carbocycles. The predicted molar refractivity (Wildman–Crippen MR) is 105 cm³/mol. The van der Waals surface area contributed by atoms with Gasteiger partial charge in [-0.15, -0.1) is 0 Å². The smallest absolute Gasteiger partial charge is 0.181 e. The maximum Gasteiger partial charge on any atom is 0.181 e. The van der Waals surface area contributed by atoms with Crippen LogP contribution in [0.25, 0.3) is 0 Å². The number of rotatable bonds is 5. The van der Waals surface area contributed by atoms with Gasteiger partial charge in [0, 0.05) is 0 Å². The summed E-state index contributed by atoms with van der Waals surface area (Å²) in [6.07, 6.45) is 15.9. The number of benzene rings is 1. The van der Waals surface area contributed by atoms with Crippen LogP contribution in [-0.2, 0) is 0 Å². The van der Waals surface area contributed by atoms with Gasteiger partial charge in [-0.05, 0) is 93.6 Å². The number of aliphatic hydroxyl groups is 1. The first kappa shape index (κ1) is 19.1. The minimum atomic E-state index is -0.181. The standard InChI is InChI=1S/C22H33NO3/c23-21-19(13-14-20(25)22(21)26)17-9-5-15(6-10-17)3-1-2-4-16-7-11-18(24)12-8-16/h1,3,13-18,24-26H,2,4-12,23H2/b3-1+. The van der Waals surface area contributed by atoms with Gasteiger partial charge in [0.05, 0.1) is 11.8 Å². The van der Waals surface area contributed by atoms with E-state index in [9.17, 15) is 15.3 Å². The fraction of sp³-hybridized carbons (Fsp3) is 0.636. The van der Waals surface area contributed by atoms with Crippen LogP contribution in [0.1, 0.15) is 75.7 Å². The summed E-state index contributed by atoms with van der Waals surface area (Å²) in [6.45, 7) is 0. The highest BCUT2D eigenvalue weighted by Crippen LogP contribution is 2.43. The van der Waals surface area contributed by atoms with Gasteiger partial charge in [0.2, 0.25) is 0 Å². The molecule has 2 aliphatic carbocycles. The SMILES string of the molecule is Nc1c(C2CCC(/C=C/CCC3CCC(O)CC3)CC2)ccc(O)c1O. The lowest BCUT2D eigenvalue weighted by molar-refractivity contribution is 0.107. The first-order chi connectivity index (χ1) is 12.5. The molecule has 0 aliphatic heterocycles. The van der Waals surface area contributed by atoms with Gasteiger partial charge in [-0.1, -0.05) is 18.2 Å². The van der Waals surface area contributed by atoms with E-state index in [2.05, 4.69) is 12.2 Å². The van der Waals surface area contributed by atoms with Crippen molar-refractivity contribution in [3.8, 4) is 11.5 Å². The molecule has 0 amide bonds. The van der Waals surface area contributed by atoms with E-state index in [0.717, 1.165) is 56.4 Å². The molecule has 0 spiro atoms. The Bertz CT molecular complexity index is 612. The van der Waals surface area contributed by atoms with Crippen molar-refractivity contribution >= 4 is 5.69 Å². The molecule has 2 fully saturated rings. The fourth-order valence-corrected chi connectivity index (χ4v) is 4.64. The second-order valence-electron chi connectivity index (χ2n) is 8.23. The molecule has 5 N–H and O–H groups in total. The fourth-order valence-electron chi connectivity index (χ4n) is 4.64. The lowest BCUT2D eigenvalue weighted by Gasteiger charge is -2.28. The number of aliphatic hydroxyl groups excluding tert-OH is 1. The Morgan fingerprint density at radius 2 is 1.65 bits per heavy atom. The molecule has 4 heteroatoms. The van der Waals surface area contributed by atoms with E-state index < -0.39 is 0 Å². The Morgan fingerprint density at radius 3 is 2.35 bits per heavy atom. The van der Waals surface area contributed by atoms with E-state index in [4.69, 9.17) is 5.73 Å². The molecule has 1 aromatic carbocycles. The zero-order valence-electron chi connectivity index (χ0n) is 15.6. The summed E-state index contributed by atoms with van der Waals surface area (Å²) in [5, 5.41) is 28.9. The molecule has 0 saturated heterocycles. The average Bonchev–Trinajstić information content (AvgIpc) is 2.66. The van der Waals surface area contributed by atoms with Crippen molar-refractivity contribution in [3.05, 3.63) is 29.8 Å². The van der Waals surface area contributed by atoms with Crippen LogP contribution < -0.4 is 5.73 Å². The van der Waals surface area contributed by atoms with Crippen LogP contribution in [0.3, 0.4) is 0 Å². The van der Waals surface area contributed by atoms with Crippen molar-refractivity contribution in [3.63, 3.8) is 0 Å². The number of hydrogen-bond acceptors (Lipinski definition) is 4. The van der Waals surface area contributed by atoms with Crippen molar-refractivity contribution in [2.75, 3.05) is 5.73 Å². The van der Waals surface area contributed by atoms with Crippen LogP contribution in [0.15, 0.2) is 24.3 Å². The normalized spacial score (nSPS) is 29.9. The number of nitrogens with two attached hydrogens (primary N) is 1. The monoisotopic (exact) mass is 359 g/mol. The highest BCUT2D eigenvalue weighted by atomic mass is 16.3. The molecule has 4 nitrogen and oxygen atoms in total. The molecule has 3 rings (SSSR count). The van der Waals surface area contributed by atoms with E-state index in [1.165, 1.54) is 25.3 Å². The van der Waals surface area contributed by atoms with Crippen molar-refractivity contribution in [2.45, 2.75) is 76.2 Å². The second kappa shape index (κ2) is 8.81. The van der Waals surface area contributed by atoms with Gasteiger partial charge in [0.1, 0.15) is 0 Å². The zero-order chi connectivity index (χ0) is 18.5. The Hall–Kier alpha value is -1.68. The van der Waals surface area contributed by atoms with Gasteiger partial charge in [0.25, 0.3) is 0 Å². The van der Waals surface area contributed by atoms with Gasteiger partial charge >= 0.3 is 0 Å². The summed E-state index contributed by atoms with van der Waals surface area (Å²) in [7, 11) is 0. The number of hydrogen-bond donors (Lipinski definition) is 4. The molecule has 144 valence electrons. The number of phenolic OH excluding ortho intramolecular Hbond substituents is 2. The van der Waals surface area contributed by atoms with E-state index >= 15 is 0 Å². The van der Waals surface area contributed by atoms with E-state index in [-0.39, 0.29) is 17.6 Å². The molecule has 1 aromatic rings. The summed E-state index contributed by atoms with van der Waals surface area (Å²) in [5.74, 6) is 1.49.